The van der Waals surface area contributed by atoms with E-state index in [2.05, 4.69) is 48.6 Å². The van der Waals surface area contributed by atoms with Crippen LogP contribution in [-0.4, -0.2) is 32.8 Å². The van der Waals surface area contributed by atoms with Crippen LogP contribution in [0, 0.1) is 0 Å². The van der Waals surface area contributed by atoms with E-state index < -0.39 is 0 Å². The van der Waals surface area contributed by atoms with Gasteiger partial charge in [0.15, 0.2) is 0 Å². The molecule has 0 aromatic carbocycles. The number of nitrogens with one attached hydrogen (secondary N) is 2. The van der Waals surface area contributed by atoms with Gasteiger partial charge in [-0.15, -0.1) is 0 Å². The molecule has 0 radical (unpaired) electrons. The van der Waals surface area contributed by atoms with E-state index in [1.54, 1.807) is 12.5 Å². The predicted octanol–water partition coefficient (Wildman–Crippen LogP) is 2.37. The van der Waals surface area contributed by atoms with Crippen LogP contribution in [0.2, 0.25) is 0 Å². The molecule has 102 valence electrons. The summed E-state index contributed by atoms with van der Waals surface area (Å²) in [5.41, 5.74) is 0. The van der Waals surface area contributed by atoms with Gasteiger partial charge in [-0.05, 0) is 28.4 Å². The van der Waals surface area contributed by atoms with Gasteiger partial charge in [0.1, 0.15) is 22.4 Å². The fraction of sp³-hybridized carbons (Fsp3) is 0.417. The minimum atomic E-state index is 0.754. The third kappa shape index (κ3) is 3.92. The summed E-state index contributed by atoms with van der Waals surface area (Å²) in [6.07, 6.45) is 6.32. The Hall–Kier alpha value is -1.63. The third-order valence-electron chi connectivity index (χ3n) is 2.52. The van der Waals surface area contributed by atoms with Gasteiger partial charge in [-0.3, -0.25) is 4.68 Å². The van der Waals surface area contributed by atoms with E-state index in [4.69, 9.17) is 0 Å². The number of nitrogens with zero attached hydrogens (tertiary/aromatic N) is 4. The van der Waals surface area contributed by atoms with E-state index in [9.17, 15) is 0 Å². The van der Waals surface area contributed by atoms with Crippen molar-refractivity contribution in [1.29, 1.82) is 0 Å². The number of anilines is 2. The van der Waals surface area contributed by atoms with Gasteiger partial charge in [-0.2, -0.15) is 5.10 Å². The van der Waals surface area contributed by atoms with E-state index in [0.29, 0.717) is 0 Å². The summed E-state index contributed by atoms with van der Waals surface area (Å²) in [4.78, 5) is 8.43. The molecular weight excluding hydrogens is 308 g/mol. The van der Waals surface area contributed by atoms with Crippen molar-refractivity contribution in [3.05, 3.63) is 29.3 Å². The van der Waals surface area contributed by atoms with Crippen LogP contribution in [0.5, 0.6) is 0 Å². The Labute approximate surface area is 120 Å². The summed E-state index contributed by atoms with van der Waals surface area (Å²) in [6.45, 7) is 4.55. The van der Waals surface area contributed by atoms with Crippen molar-refractivity contribution in [2.24, 2.45) is 0 Å². The van der Waals surface area contributed by atoms with Crippen molar-refractivity contribution < 1.29 is 0 Å². The number of hydrogen-bond acceptors (Lipinski definition) is 5. The highest BCUT2D eigenvalue weighted by Crippen LogP contribution is 2.26. The maximum absolute atomic E-state index is 4.23. The van der Waals surface area contributed by atoms with Crippen molar-refractivity contribution in [3.8, 4) is 0 Å². The van der Waals surface area contributed by atoms with Gasteiger partial charge < -0.3 is 10.6 Å². The Kier molecular flexibility index (Phi) is 5.14. The van der Waals surface area contributed by atoms with E-state index in [-0.39, 0.29) is 0 Å². The van der Waals surface area contributed by atoms with Crippen molar-refractivity contribution >= 4 is 27.6 Å². The Morgan fingerprint density at radius 2 is 1.95 bits per heavy atom. The highest BCUT2D eigenvalue weighted by molar-refractivity contribution is 9.10. The third-order valence-corrected chi connectivity index (χ3v) is 3.28. The summed E-state index contributed by atoms with van der Waals surface area (Å²) in [5.74, 6) is 1.61. The number of aromatic nitrogens is 4. The molecule has 0 saturated heterocycles. The highest BCUT2D eigenvalue weighted by Gasteiger charge is 2.07. The van der Waals surface area contributed by atoms with Crippen LogP contribution in [0.1, 0.15) is 13.3 Å². The lowest BCUT2D eigenvalue weighted by Gasteiger charge is -2.11. The average Bonchev–Trinajstić information content (AvgIpc) is 2.92. The molecule has 2 rings (SSSR count). The van der Waals surface area contributed by atoms with Gasteiger partial charge >= 0.3 is 0 Å². The van der Waals surface area contributed by atoms with Crippen LogP contribution < -0.4 is 10.6 Å². The predicted molar refractivity (Wildman–Crippen MR) is 79.2 cm³/mol. The van der Waals surface area contributed by atoms with E-state index in [1.807, 2.05) is 16.9 Å². The molecule has 0 unspecified atom stereocenters. The summed E-state index contributed by atoms with van der Waals surface area (Å²) in [6, 6.07) is 1.91. The standard InChI is InChI=1S/C12H17BrN6/c1-2-4-14-11-10(13)12(17-9-16-11)15-6-8-19-7-3-5-18-19/h3,5,7,9H,2,4,6,8H2,1H3,(H2,14,15,16,17). The molecule has 0 aliphatic heterocycles. The molecule has 0 aliphatic carbocycles. The number of halogens is 1. The first kappa shape index (κ1) is 13.8. The van der Waals surface area contributed by atoms with Crippen LogP contribution in [0.3, 0.4) is 0 Å². The van der Waals surface area contributed by atoms with E-state index >= 15 is 0 Å². The van der Waals surface area contributed by atoms with Crippen molar-refractivity contribution in [3.63, 3.8) is 0 Å². The Bertz CT molecular complexity index is 499. The first-order valence-electron chi connectivity index (χ1n) is 6.27. The van der Waals surface area contributed by atoms with Crippen LogP contribution in [-0.2, 0) is 6.54 Å². The molecule has 0 aliphatic rings. The van der Waals surface area contributed by atoms with E-state index in [0.717, 1.165) is 42.2 Å². The molecule has 0 spiro atoms. The normalized spacial score (nSPS) is 10.4. The maximum Gasteiger partial charge on any atom is 0.146 e. The molecule has 7 heteroatoms. The molecule has 6 nitrogen and oxygen atoms in total. The molecule has 2 aromatic rings. The summed E-state index contributed by atoms with van der Waals surface area (Å²) in [7, 11) is 0. The topological polar surface area (TPSA) is 67.7 Å². The lowest BCUT2D eigenvalue weighted by molar-refractivity contribution is 0.637. The Balaban J connectivity index is 1.92. The molecule has 2 N–H and O–H groups in total. The molecular formula is C12H17BrN6. The van der Waals surface area contributed by atoms with Crippen molar-refractivity contribution in [2.75, 3.05) is 23.7 Å². The van der Waals surface area contributed by atoms with Gasteiger partial charge in [-0.1, -0.05) is 6.92 Å². The van der Waals surface area contributed by atoms with Gasteiger partial charge in [0.25, 0.3) is 0 Å². The molecule has 0 saturated carbocycles. The monoisotopic (exact) mass is 324 g/mol. The lowest BCUT2D eigenvalue weighted by Crippen LogP contribution is -2.13. The second-order valence-electron chi connectivity index (χ2n) is 4.01. The molecule has 0 atom stereocenters. The van der Waals surface area contributed by atoms with Crippen LogP contribution in [0.4, 0.5) is 11.6 Å². The molecule has 0 fully saturated rings. The quantitative estimate of drug-likeness (QED) is 0.818. The first-order valence-corrected chi connectivity index (χ1v) is 7.06. The Morgan fingerprint density at radius 1 is 1.21 bits per heavy atom. The minimum Gasteiger partial charge on any atom is -0.369 e. The zero-order chi connectivity index (χ0) is 13.5. The maximum atomic E-state index is 4.23. The van der Waals surface area contributed by atoms with Crippen molar-refractivity contribution in [2.45, 2.75) is 19.9 Å². The van der Waals surface area contributed by atoms with Crippen LogP contribution in [0.25, 0.3) is 0 Å². The van der Waals surface area contributed by atoms with Gasteiger partial charge in [0.05, 0.1) is 6.54 Å². The largest absolute Gasteiger partial charge is 0.369 e. The molecule has 0 bridgehead atoms. The minimum absolute atomic E-state index is 0.754. The van der Waals surface area contributed by atoms with Crippen molar-refractivity contribution in [1.82, 2.24) is 19.7 Å². The first-order chi connectivity index (χ1) is 9.31. The SMILES string of the molecule is CCCNc1ncnc(NCCn2cccn2)c1Br. The smallest absolute Gasteiger partial charge is 0.146 e. The molecule has 19 heavy (non-hydrogen) atoms. The van der Waals surface area contributed by atoms with Gasteiger partial charge in [-0.25, -0.2) is 9.97 Å². The van der Waals surface area contributed by atoms with E-state index in [1.165, 1.54) is 0 Å². The highest BCUT2D eigenvalue weighted by atomic mass is 79.9. The molecule has 0 amide bonds. The van der Waals surface area contributed by atoms with Gasteiger partial charge in [0.2, 0.25) is 0 Å². The lowest BCUT2D eigenvalue weighted by atomic mass is 10.4. The summed E-state index contributed by atoms with van der Waals surface area (Å²) >= 11 is 3.52. The zero-order valence-electron chi connectivity index (χ0n) is 10.8. The average molecular weight is 325 g/mol. The van der Waals surface area contributed by atoms with Crippen LogP contribution in [0.15, 0.2) is 29.3 Å². The summed E-state index contributed by atoms with van der Waals surface area (Å²) < 4.78 is 2.74. The summed E-state index contributed by atoms with van der Waals surface area (Å²) in [5, 5.41) is 10.7. The second-order valence-corrected chi connectivity index (χ2v) is 4.80. The van der Waals surface area contributed by atoms with Crippen LogP contribution >= 0.6 is 15.9 Å². The second kappa shape index (κ2) is 7.08. The number of hydrogen-bond donors (Lipinski definition) is 2. The van der Waals surface area contributed by atoms with Gasteiger partial charge in [0, 0.05) is 25.5 Å². The molecule has 2 heterocycles. The fourth-order valence-corrected chi connectivity index (χ4v) is 2.07. The fourth-order valence-electron chi connectivity index (χ4n) is 1.58. The Morgan fingerprint density at radius 3 is 2.58 bits per heavy atom. The zero-order valence-corrected chi connectivity index (χ0v) is 12.4. The molecule has 2 aromatic heterocycles. The number of rotatable bonds is 7.